The summed E-state index contributed by atoms with van der Waals surface area (Å²) in [5, 5.41) is 11.9. The van der Waals surface area contributed by atoms with Crippen molar-refractivity contribution in [3.05, 3.63) is 94.0 Å². The first kappa shape index (κ1) is 23.3. The maximum atomic E-state index is 13.5. The Labute approximate surface area is 213 Å². The smallest absolute Gasteiger partial charge is 0.410 e. The molecule has 186 valence electrons. The van der Waals surface area contributed by atoms with E-state index in [2.05, 4.69) is 81.4 Å². The lowest BCUT2D eigenvalue weighted by atomic mass is 9.71. The minimum Gasteiger partial charge on any atom is -0.448 e. The number of carbonyl (C=O) groups is 1. The second-order valence-electron chi connectivity index (χ2n) is 11.1. The van der Waals surface area contributed by atoms with Crippen LogP contribution in [0.1, 0.15) is 71.4 Å². The molecule has 1 amide bonds. The summed E-state index contributed by atoms with van der Waals surface area (Å²) in [5.74, 6) is 0.0566. The van der Waals surface area contributed by atoms with Gasteiger partial charge in [-0.1, -0.05) is 60.7 Å². The van der Waals surface area contributed by atoms with Crippen molar-refractivity contribution in [3.63, 3.8) is 0 Å². The third kappa shape index (κ3) is 3.74. The fourth-order valence-electron chi connectivity index (χ4n) is 7.08. The number of aliphatic hydroxyl groups is 1. The van der Waals surface area contributed by atoms with Gasteiger partial charge in [-0.05, 0) is 84.5 Å². The van der Waals surface area contributed by atoms with Crippen molar-refractivity contribution >= 4 is 6.09 Å². The lowest BCUT2D eigenvalue weighted by molar-refractivity contribution is -0.0894. The molecule has 4 nitrogen and oxygen atoms in total. The molecule has 2 fully saturated rings. The highest BCUT2D eigenvalue weighted by atomic mass is 16.6. The van der Waals surface area contributed by atoms with Crippen LogP contribution in [-0.4, -0.2) is 34.8 Å². The van der Waals surface area contributed by atoms with E-state index in [0.717, 1.165) is 30.4 Å². The first-order valence-electron chi connectivity index (χ1n) is 13.3. The van der Waals surface area contributed by atoms with Crippen LogP contribution >= 0.6 is 0 Å². The molecule has 2 unspecified atom stereocenters. The molecular formula is C32H35NO3. The highest BCUT2D eigenvalue weighted by Gasteiger charge is 2.49. The summed E-state index contributed by atoms with van der Waals surface area (Å²) < 4.78 is 6.05. The number of fused-ring (bicyclic) bond motifs is 5. The van der Waals surface area contributed by atoms with E-state index in [1.807, 2.05) is 4.90 Å². The Morgan fingerprint density at radius 1 is 0.889 bits per heavy atom. The number of hydrogen-bond acceptors (Lipinski definition) is 3. The van der Waals surface area contributed by atoms with Crippen molar-refractivity contribution in [1.29, 1.82) is 0 Å². The van der Waals surface area contributed by atoms with Gasteiger partial charge in [0.15, 0.2) is 0 Å². The molecular weight excluding hydrogens is 446 g/mol. The highest BCUT2D eigenvalue weighted by Crippen LogP contribution is 2.47. The van der Waals surface area contributed by atoms with Crippen molar-refractivity contribution in [2.24, 2.45) is 0 Å². The third-order valence-corrected chi connectivity index (χ3v) is 8.90. The van der Waals surface area contributed by atoms with Crippen LogP contribution < -0.4 is 0 Å². The van der Waals surface area contributed by atoms with Crippen LogP contribution in [-0.2, 0) is 10.3 Å². The summed E-state index contributed by atoms with van der Waals surface area (Å²) in [6, 6.07) is 21.2. The number of piperidine rings is 2. The summed E-state index contributed by atoms with van der Waals surface area (Å²) in [4.78, 5) is 15.5. The van der Waals surface area contributed by atoms with Gasteiger partial charge < -0.3 is 14.7 Å². The van der Waals surface area contributed by atoms with E-state index >= 15 is 0 Å². The number of carbonyl (C=O) groups excluding carboxylic acids is 1. The zero-order valence-corrected chi connectivity index (χ0v) is 21.5. The van der Waals surface area contributed by atoms with Gasteiger partial charge in [-0.2, -0.15) is 0 Å². The maximum Gasteiger partial charge on any atom is 0.410 e. The summed E-state index contributed by atoms with van der Waals surface area (Å²) in [5.41, 5.74) is 8.62. The van der Waals surface area contributed by atoms with E-state index in [-0.39, 0.29) is 24.1 Å². The van der Waals surface area contributed by atoms with E-state index in [0.29, 0.717) is 19.4 Å². The molecule has 0 spiro atoms. The number of hydrogen-bond donors (Lipinski definition) is 1. The quantitative estimate of drug-likeness (QED) is 0.449. The topological polar surface area (TPSA) is 49.8 Å². The van der Waals surface area contributed by atoms with E-state index in [9.17, 15) is 9.90 Å². The van der Waals surface area contributed by atoms with Crippen LogP contribution in [0.25, 0.3) is 11.1 Å². The van der Waals surface area contributed by atoms with E-state index < -0.39 is 5.60 Å². The number of benzene rings is 3. The summed E-state index contributed by atoms with van der Waals surface area (Å²) in [6.07, 6.45) is 3.81. The van der Waals surface area contributed by atoms with Gasteiger partial charge in [0, 0.05) is 30.8 Å². The second-order valence-corrected chi connectivity index (χ2v) is 11.1. The Morgan fingerprint density at radius 2 is 1.44 bits per heavy atom. The fourth-order valence-corrected chi connectivity index (χ4v) is 7.08. The molecule has 0 saturated carbocycles. The minimum absolute atomic E-state index is 0.000778. The number of rotatable bonds is 3. The number of amides is 1. The van der Waals surface area contributed by atoms with Gasteiger partial charge in [0.1, 0.15) is 6.61 Å². The molecule has 1 N–H and O–H groups in total. The van der Waals surface area contributed by atoms with Crippen LogP contribution in [0.15, 0.2) is 60.7 Å². The van der Waals surface area contributed by atoms with Crippen molar-refractivity contribution in [2.75, 3.05) is 6.61 Å². The first-order valence-corrected chi connectivity index (χ1v) is 13.3. The van der Waals surface area contributed by atoms with Crippen molar-refractivity contribution in [2.45, 2.75) is 76.5 Å². The molecule has 6 rings (SSSR count). The lowest BCUT2D eigenvalue weighted by Gasteiger charge is -2.51. The molecule has 2 aliphatic heterocycles. The van der Waals surface area contributed by atoms with Gasteiger partial charge in [0.05, 0.1) is 5.60 Å². The molecule has 2 bridgehead atoms. The summed E-state index contributed by atoms with van der Waals surface area (Å²) in [7, 11) is 0. The highest BCUT2D eigenvalue weighted by molar-refractivity contribution is 5.79. The van der Waals surface area contributed by atoms with Gasteiger partial charge in [0.25, 0.3) is 0 Å². The van der Waals surface area contributed by atoms with Gasteiger partial charge in [0.2, 0.25) is 0 Å². The van der Waals surface area contributed by atoms with E-state index in [1.54, 1.807) is 0 Å². The van der Waals surface area contributed by atoms with Gasteiger partial charge in [-0.25, -0.2) is 4.79 Å². The summed E-state index contributed by atoms with van der Waals surface area (Å²) in [6.45, 7) is 6.65. The summed E-state index contributed by atoms with van der Waals surface area (Å²) >= 11 is 0. The Bertz CT molecular complexity index is 1270. The number of aryl methyl sites for hydroxylation is 3. The fraction of sp³-hybridized carbons (Fsp3) is 0.406. The minimum atomic E-state index is -0.904. The van der Waals surface area contributed by atoms with Gasteiger partial charge in [-0.3, -0.25) is 0 Å². The van der Waals surface area contributed by atoms with E-state index in [4.69, 9.17) is 4.74 Å². The lowest BCUT2D eigenvalue weighted by Crippen LogP contribution is -2.59. The van der Waals surface area contributed by atoms with Gasteiger partial charge >= 0.3 is 6.09 Å². The zero-order chi connectivity index (χ0) is 25.0. The van der Waals surface area contributed by atoms with Gasteiger partial charge in [-0.15, -0.1) is 0 Å². The Hall–Kier alpha value is -3.11. The molecule has 0 aromatic heterocycles. The predicted molar refractivity (Wildman–Crippen MR) is 142 cm³/mol. The largest absolute Gasteiger partial charge is 0.448 e. The predicted octanol–water partition coefficient (Wildman–Crippen LogP) is 6.77. The van der Waals surface area contributed by atoms with Crippen molar-refractivity contribution in [3.8, 4) is 11.1 Å². The second kappa shape index (κ2) is 8.77. The molecule has 4 heteroatoms. The SMILES string of the molecule is Cc1cc(C)c(C2(O)CC3CCCC(C2)N3C(=O)OCC2c3ccccc3-c3ccccc32)cc1C. The first-order chi connectivity index (χ1) is 17.4. The molecule has 1 aliphatic carbocycles. The monoisotopic (exact) mass is 481 g/mol. The van der Waals surface area contributed by atoms with Crippen molar-refractivity contribution in [1.82, 2.24) is 4.90 Å². The molecule has 3 aromatic carbocycles. The molecule has 3 aliphatic rings. The van der Waals surface area contributed by atoms with E-state index in [1.165, 1.54) is 33.4 Å². The van der Waals surface area contributed by atoms with Crippen LogP contribution in [0.3, 0.4) is 0 Å². The van der Waals surface area contributed by atoms with Crippen molar-refractivity contribution < 1.29 is 14.6 Å². The molecule has 3 aromatic rings. The molecule has 0 radical (unpaired) electrons. The standard InChI is InChI=1S/C32H35NO3/c1-20-15-22(3)30(16-21(20)2)32(35)17-23-9-8-10-24(18-32)33(23)31(34)36-19-29-27-13-6-4-11-25(27)26-12-5-7-14-28(26)29/h4-7,11-16,23-24,29,35H,8-10,17-19H2,1-3H3. The average molecular weight is 482 g/mol. The Morgan fingerprint density at radius 3 is 2.06 bits per heavy atom. The number of ether oxygens (including phenoxy) is 1. The van der Waals surface area contributed by atoms with Crippen LogP contribution in [0.5, 0.6) is 0 Å². The van der Waals surface area contributed by atoms with Crippen LogP contribution in [0.2, 0.25) is 0 Å². The maximum absolute atomic E-state index is 13.5. The average Bonchev–Trinajstić information content (AvgIpc) is 3.18. The molecule has 36 heavy (non-hydrogen) atoms. The molecule has 2 saturated heterocycles. The Kier molecular flexibility index (Phi) is 5.68. The Balaban J connectivity index is 1.22. The number of nitrogens with zero attached hydrogens (tertiary/aromatic N) is 1. The molecule has 2 atom stereocenters. The molecule has 2 heterocycles. The normalized spacial score (nSPS) is 24.8. The van der Waals surface area contributed by atoms with Crippen LogP contribution in [0.4, 0.5) is 4.79 Å². The van der Waals surface area contributed by atoms with Crippen LogP contribution in [0, 0.1) is 20.8 Å². The zero-order valence-electron chi connectivity index (χ0n) is 21.5. The third-order valence-electron chi connectivity index (χ3n) is 8.90.